The van der Waals surface area contributed by atoms with Gasteiger partial charge in [-0.1, -0.05) is 19.1 Å². The molecule has 20 heavy (non-hydrogen) atoms. The Bertz CT molecular complexity index is 651. The SMILES string of the molecule is CCCS(=O)(=O)c1ccccc1S(=O)(=O)C(C)CCCl. The van der Waals surface area contributed by atoms with E-state index in [9.17, 15) is 16.8 Å². The molecule has 1 aromatic carbocycles. The van der Waals surface area contributed by atoms with Crippen molar-refractivity contribution in [1.82, 2.24) is 0 Å². The maximum atomic E-state index is 12.5. The van der Waals surface area contributed by atoms with E-state index in [2.05, 4.69) is 0 Å². The van der Waals surface area contributed by atoms with Gasteiger partial charge >= 0.3 is 0 Å². The molecule has 0 aromatic heterocycles. The predicted octanol–water partition coefficient (Wildman–Crippen LogP) is 2.66. The molecular weight excluding hydrogens is 320 g/mol. The molecule has 1 aromatic rings. The van der Waals surface area contributed by atoms with Crippen LogP contribution in [0.1, 0.15) is 26.7 Å². The van der Waals surface area contributed by atoms with Gasteiger partial charge in [0.1, 0.15) is 0 Å². The van der Waals surface area contributed by atoms with E-state index in [0.717, 1.165) is 0 Å². The summed E-state index contributed by atoms with van der Waals surface area (Å²) in [5.74, 6) is 0.147. The van der Waals surface area contributed by atoms with E-state index < -0.39 is 24.9 Å². The van der Waals surface area contributed by atoms with Crippen molar-refractivity contribution in [2.45, 2.75) is 41.7 Å². The number of halogens is 1. The van der Waals surface area contributed by atoms with E-state index in [1.165, 1.54) is 24.3 Å². The standard InChI is InChI=1S/C13H19ClO4S2/c1-3-10-19(15,16)12-6-4-5-7-13(12)20(17,18)11(2)8-9-14/h4-7,11H,3,8-10H2,1-2H3. The normalized spacial score (nSPS) is 14.2. The van der Waals surface area contributed by atoms with Gasteiger partial charge in [-0.15, -0.1) is 11.6 Å². The van der Waals surface area contributed by atoms with Crippen LogP contribution in [0, 0.1) is 0 Å². The first-order valence-corrected chi connectivity index (χ1v) is 10.1. The lowest BCUT2D eigenvalue weighted by Gasteiger charge is -2.15. The third-order valence-corrected chi connectivity index (χ3v) is 7.59. The van der Waals surface area contributed by atoms with Crippen molar-refractivity contribution in [3.63, 3.8) is 0 Å². The van der Waals surface area contributed by atoms with Gasteiger partial charge < -0.3 is 0 Å². The van der Waals surface area contributed by atoms with E-state index in [-0.39, 0.29) is 27.8 Å². The Labute approximate surface area is 126 Å². The quantitative estimate of drug-likeness (QED) is 0.717. The van der Waals surface area contributed by atoms with Crippen LogP contribution in [0.3, 0.4) is 0 Å². The molecule has 0 saturated heterocycles. The largest absolute Gasteiger partial charge is 0.224 e. The lowest BCUT2D eigenvalue weighted by atomic mass is 10.4. The average molecular weight is 339 g/mol. The highest BCUT2D eigenvalue weighted by atomic mass is 35.5. The summed E-state index contributed by atoms with van der Waals surface area (Å²) in [6.07, 6.45) is 0.722. The summed E-state index contributed by atoms with van der Waals surface area (Å²) in [5, 5.41) is -0.710. The molecule has 0 spiro atoms. The van der Waals surface area contributed by atoms with Gasteiger partial charge in [-0.2, -0.15) is 0 Å². The fourth-order valence-electron chi connectivity index (χ4n) is 1.85. The molecule has 0 aliphatic rings. The van der Waals surface area contributed by atoms with Gasteiger partial charge in [-0.25, -0.2) is 16.8 Å². The van der Waals surface area contributed by atoms with Crippen molar-refractivity contribution in [3.05, 3.63) is 24.3 Å². The number of benzene rings is 1. The fourth-order valence-corrected chi connectivity index (χ4v) is 5.93. The minimum Gasteiger partial charge on any atom is -0.224 e. The minimum atomic E-state index is -3.70. The lowest BCUT2D eigenvalue weighted by Crippen LogP contribution is -2.21. The smallest absolute Gasteiger partial charge is 0.182 e. The van der Waals surface area contributed by atoms with E-state index in [1.807, 2.05) is 0 Å². The molecule has 0 aliphatic carbocycles. The topological polar surface area (TPSA) is 68.3 Å². The van der Waals surface area contributed by atoms with Crippen molar-refractivity contribution in [1.29, 1.82) is 0 Å². The number of alkyl halides is 1. The summed E-state index contributed by atoms with van der Waals surface area (Å²) >= 11 is 5.59. The minimum absolute atomic E-state index is 0.0661. The fraction of sp³-hybridized carbons (Fsp3) is 0.538. The zero-order chi connectivity index (χ0) is 15.4. The molecule has 114 valence electrons. The molecular formula is C13H19ClO4S2. The van der Waals surface area contributed by atoms with Crippen LogP contribution in [-0.4, -0.2) is 33.7 Å². The van der Waals surface area contributed by atoms with E-state index in [0.29, 0.717) is 6.42 Å². The Morgan fingerprint density at radius 1 is 1.10 bits per heavy atom. The second-order valence-electron chi connectivity index (χ2n) is 4.60. The lowest BCUT2D eigenvalue weighted by molar-refractivity contribution is 0.572. The van der Waals surface area contributed by atoms with Crippen LogP contribution in [0.15, 0.2) is 34.1 Å². The summed E-state index contributed by atoms with van der Waals surface area (Å²) in [4.78, 5) is -0.227. The van der Waals surface area contributed by atoms with Crippen LogP contribution in [0.5, 0.6) is 0 Å². The Hall–Kier alpha value is -0.590. The van der Waals surface area contributed by atoms with Gasteiger partial charge in [0.15, 0.2) is 19.7 Å². The molecule has 7 heteroatoms. The molecule has 0 fully saturated rings. The zero-order valence-corrected chi connectivity index (χ0v) is 13.9. The molecule has 0 bridgehead atoms. The average Bonchev–Trinajstić information content (AvgIpc) is 2.39. The second kappa shape index (κ2) is 6.91. The first-order valence-electron chi connectivity index (χ1n) is 6.39. The van der Waals surface area contributed by atoms with Crippen LogP contribution in [0.4, 0.5) is 0 Å². The number of sulfone groups is 2. The number of rotatable bonds is 7. The summed E-state index contributed by atoms with van der Waals surface area (Å²) in [5.41, 5.74) is 0. The number of hydrogen-bond donors (Lipinski definition) is 0. The second-order valence-corrected chi connectivity index (χ2v) is 9.39. The summed E-state index contributed by atoms with van der Waals surface area (Å²) in [7, 11) is -7.28. The molecule has 0 aliphatic heterocycles. The summed E-state index contributed by atoms with van der Waals surface area (Å²) in [6.45, 7) is 3.28. The predicted molar refractivity (Wildman–Crippen MR) is 80.8 cm³/mol. The first-order chi connectivity index (χ1) is 9.27. The van der Waals surface area contributed by atoms with E-state index in [4.69, 9.17) is 11.6 Å². The van der Waals surface area contributed by atoms with Crippen LogP contribution in [0.2, 0.25) is 0 Å². The van der Waals surface area contributed by atoms with Crippen molar-refractivity contribution in [3.8, 4) is 0 Å². The molecule has 0 amide bonds. The zero-order valence-electron chi connectivity index (χ0n) is 11.5. The highest BCUT2D eigenvalue weighted by molar-refractivity contribution is 7.94. The Balaban J connectivity index is 3.41. The molecule has 0 heterocycles. The maximum absolute atomic E-state index is 12.5. The van der Waals surface area contributed by atoms with Gasteiger partial charge in [0.25, 0.3) is 0 Å². The Morgan fingerprint density at radius 2 is 1.65 bits per heavy atom. The van der Waals surface area contributed by atoms with Crippen molar-refractivity contribution in [2.24, 2.45) is 0 Å². The van der Waals surface area contributed by atoms with Gasteiger partial charge in [0, 0.05) is 5.88 Å². The van der Waals surface area contributed by atoms with Crippen molar-refractivity contribution >= 4 is 31.3 Å². The third kappa shape index (κ3) is 3.74. The van der Waals surface area contributed by atoms with Gasteiger partial charge in [0.2, 0.25) is 0 Å². The molecule has 4 nitrogen and oxygen atoms in total. The molecule has 0 saturated carbocycles. The van der Waals surface area contributed by atoms with Gasteiger partial charge in [-0.3, -0.25) is 0 Å². The van der Waals surface area contributed by atoms with E-state index in [1.54, 1.807) is 13.8 Å². The monoisotopic (exact) mass is 338 g/mol. The van der Waals surface area contributed by atoms with Crippen LogP contribution in [0.25, 0.3) is 0 Å². The van der Waals surface area contributed by atoms with Crippen LogP contribution >= 0.6 is 11.6 Å². The first kappa shape index (κ1) is 17.5. The Morgan fingerprint density at radius 3 is 2.15 bits per heavy atom. The highest BCUT2D eigenvalue weighted by Gasteiger charge is 2.29. The third-order valence-electron chi connectivity index (χ3n) is 3.01. The van der Waals surface area contributed by atoms with Gasteiger partial charge in [0.05, 0.1) is 20.8 Å². The number of hydrogen-bond acceptors (Lipinski definition) is 4. The Kier molecular flexibility index (Phi) is 6.04. The summed E-state index contributed by atoms with van der Waals surface area (Å²) in [6, 6.07) is 5.77. The highest BCUT2D eigenvalue weighted by Crippen LogP contribution is 2.26. The molecule has 1 rings (SSSR count). The molecule has 1 unspecified atom stereocenters. The van der Waals surface area contributed by atoms with Gasteiger partial charge in [-0.05, 0) is 31.9 Å². The molecule has 0 radical (unpaired) electrons. The molecule has 1 atom stereocenters. The van der Waals surface area contributed by atoms with Crippen LogP contribution < -0.4 is 0 Å². The summed E-state index contributed by atoms with van der Waals surface area (Å²) < 4.78 is 49.3. The van der Waals surface area contributed by atoms with Crippen LogP contribution in [-0.2, 0) is 19.7 Å². The van der Waals surface area contributed by atoms with Crippen molar-refractivity contribution in [2.75, 3.05) is 11.6 Å². The van der Waals surface area contributed by atoms with Crippen molar-refractivity contribution < 1.29 is 16.8 Å². The van der Waals surface area contributed by atoms with E-state index >= 15 is 0 Å². The maximum Gasteiger partial charge on any atom is 0.182 e. The molecule has 0 N–H and O–H groups in total.